The number of rotatable bonds is 2. The van der Waals surface area contributed by atoms with Gasteiger partial charge < -0.3 is 4.74 Å². The van der Waals surface area contributed by atoms with Crippen LogP contribution in [0.15, 0.2) is 41.7 Å². The molecule has 0 bridgehead atoms. The number of carbonyl (C=O) groups is 2. The molecule has 1 heterocycles. The molecule has 2 aliphatic rings. The predicted octanol–water partition coefficient (Wildman–Crippen LogP) is 2.52. The highest BCUT2D eigenvalue weighted by atomic mass is 16.5. The van der Waals surface area contributed by atoms with Gasteiger partial charge in [0.25, 0.3) is 0 Å². The SMILES string of the molecule is CC1=C(C(=O)c2ccccc2)C2CCC(=O)C2O1. The molecule has 1 aliphatic heterocycles. The van der Waals surface area contributed by atoms with E-state index in [9.17, 15) is 9.59 Å². The number of carbonyl (C=O) groups excluding carboxylic acids is 2. The van der Waals surface area contributed by atoms with Crippen LogP contribution < -0.4 is 0 Å². The molecular weight excluding hydrogens is 228 g/mol. The summed E-state index contributed by atoms with van der Waals surface area (Å²) in [5.41, 5.74) is 1.35. The molecule has 18 heavy (non-hydrogen) atoms. The average molecular weight is 242 g/mol. The zero-order chi connectivity index (χ0) is 12.7. The lowest BCUT2D eigenvalue weighted by Gasteiger charge is -2.09. The average Bonchev–Trinajstić information content (AvgIpc) is 2.89. The van der Waals surface area contributed by atoms with Crippen LogP contribution in [-0.2, 0) is 9.53 Å². The Morgan fingerprint density at radius 1 is 1.28 bits per heavy atom. The summed E-state index contributed by atoms with van der Waals surface area (Å²) < 4.78 is 5.56. The second kappa shape index (κ2) is 4.09. The molecule has 3 rings (SSSR count). The monoisotopic (exact) mass is 242 g/mol. The van der Waals surface area contributed by atoms with E-state index in [1.54, 1.807) is 19.1 Å². The lowest BCUT2D eigenvalue weighted by Crippen LogP contribution is -2.21. The van der Waals surface area contributed by atoms with Crippen LogP contribution in [0.5, 0.6) is 0 Å². The lowest BCUT2D eigenvalue weighted by atomic mass is 9.90. The van der Waals surface area contributed by atoms with Gasteiger partial charge in [0, 0.05) is 23.5 Å². The summed E-state index contributed by atoms with van der Waals surface area (Å²) in [7, 11) is 0. The van der Waals surface area contributed by atoms with E-state index in [0.29, 0.717) is 23.3 Å². The molecule has 92 valence electrons. The summed E-state index contributed by atoms with van der Waals surface area (Å²) >= 11 is 0. The molecule has 0 amide bonds. The molecule has 1 saturated carbocycles. The number of allylic oxidation sites excluding steroid dienone is 1. The lowest BCUT2D eigenvalue weighted by molar-refractivity contribution is -0.125. The van der Waals surface area contributed by atoms with Crippen LogP contribution in [0.4, 0.5) is 0 Å². The number of hydrogen-bond acceptors (Lipinski definition) is 3. The van der Waals surface area contributed by atoms with Crippen LogP contribution in [0.25, 0.3) is 0 Å². The highest BCUT2D eigenvalue weighted by Crippen LogP contribution is 2.41. The van der Waals surface area contributed by atoms with E-state index in [1.807, 2.05) is 18.2 Å². The maximum atomic E-state index is 12.5. The maximum Gasteiger partial charge on any atom is 0.192 e. The van der Waals surface area contributed by atoms with Crippen molar-refractivity contribution in [1.82, 2.24) is 0 Å². The van der Waals surface area contributed by atoms with Gasteiger partial charge in [-0.2, -0.15) is 0 Å². The van der Waals surface area contributed by atoms with Gasteiger partial charge in [-0.05, 0) is 13.3 Å². The highest BCUT2D eigenvalue weighted by Gasteiger charge is 2.46. The van der Waals surface area contributed by atoms with Crippen LogP contribution in [0.3, 0.4) is 0 Å². The molecule has 1 aliphatic carbocycles. The van der Waals surface area contributed by atoms with E-state index in [-0.39, 0.29) is 17.5 Å². The minimum absolute atomic E-state index is 0.00435. The molecule has 0 spiro atoms. The van der Waals surface area contributed by atoms with Crippen molar-refractivity contribution in [2.45, 2.75) is 25.9 Å². The Bertz CT molecular complexity index is 542. The third-order valence-corrected chi connectivity index (χ3v) is 3.72. The zero-order valence-corrected chi connectivity index (χ0v) is 10.2. The molecule has 0 saturated heterocycles. The van der Waals surface area contributed by atoms with Gasteiger partial charge in [-0.25, -0.2) is 0 Å². The maximum absolute atomic E-state index is 12.5. The van der Waals surface area contributed by atoms with Crippen molar-refractivity contribution in [3.05, 3.63) is 47.2 Å². The Labute approximate surface area is 105 Å². The Kier molecular flexibility index (Phi) is 2.54. The topological polar surface area (TPSA) is 43.4 Å². The summed E-state index contributed by atoms with van der Waals surface area (Å²) in [5.74, 6) is 0.697. The van der Waals surface area contributed by atoms with Crippen LogP contribution in [0, 0.1) is 5.92 Å². The first-order valence-electron chi connectivity index (χ1n) is 6.18. The van der Waals surface area contributed by atoms with Crippen molar-refractivity contribution in [3.63, 3.8) is 0 Å². The van der Waals surface area contributed by atoms with Gasteiger partial charge in [0.15, 0.2) is 17.7 Å². The molecule has 0 N–H and O–H groups in total. The van der Waals surface area contributed by atoms with E-state index in [2.05, 4.69) is 0 Å². The quantitative estimate of drug-likeness (QED) is 0.748. The summed E-state index contributed by atoms with van der Waals surface area (Å²) in [6, 6.07) is 9.16. The van der Waals surface area contributed by atoms with E-state index in [4.69, 9.17) is 4.74 Å². The second-order valence-electron chi connectivity index (χ2n) is 4.81. The fourth-order valence-electron chi connectivity index (χ4n) is 2.85. The molecular formula is C15H14O3. The van der Waals surface area contributed by atoms with Crippen molar-refractivity contribution in [3.8, 4) is 0 Å². The first-order valence-corrected chi connectivity index (χ1v) is 6.18. The standard InChI is InChI=1S/C15H14O3/c1-9-13(11-7-8-12(16)15(11)18-9)14(17)10-5-3-2-4-6-10/h2-6,11,15H,7-8H2,1H3. The van der Waals surface area contributed by atoms with Crippen molar-refractivity contribution < 1.29 is 14.3 Å². The van der Waals surface area contributed by atoms with Crippen LogP contribution in [0.2, 0.25) is 0 Å². The number of fused-ring (bicyclic) bond motifs is 1. The minimum Gasteiger partial charge on any atom is -0.486 e. The Morgan fingerprint density at radius 3 is 2.72 bits per heavy atom. The molecule has 0 aromatic heterocycles. The van der Waals surface area contributed by atoms with E-state index >= 15 is 0 Å². The summed E-state index contributed by atoms with van der Waals surface area (Å²) in [5, 5.41) is 0. The number of hydrogen-bond donors (Lipinski definition) is 0. The van der Waals surface area contributed by atoms with E-state index < -0.39 is 6.10 Å². The van der Waals surface area contributed by atoms with Gasteiger partial charge in [-0.1, -0.05) is 30.3 Å². The number of benzene rings is 1. The second-order valence-corrected chi connectivity index (χ2v) is 4.81. The fourth-order valence-corrected chi connectivity index (χ4v) is 2.85. The Balaban J connectivity index is 1.95. The molecule has 2 unspecified atom stereocenters. The molecule has 3 heteroatoms. The van der Waals surface area contributed by atoms with Crippen molar-refractivity contribution in [2.75, 3.05) is 0 Å². The third kappa shape index (κ3) is 1.58. The molecule has 1 aromatic rings. The zero-order valence-electron chi connectivity index (χ0n) is 10.2. The van der Waals surface area contributed by atoms with Crippen LogP contribution >= 0.6 is 0 Å². The molecule has 2 atom stereocenters. The van der Waals surface area contributed by atoms with E-state index in [0.717, 1.165) is 6.42 Å². The largest absolute Gasteiger partial charge is 0.486 e. The van der Waals surface area contributed by atoms with Crippen molar-refractivity contribution in [2.24, 2.45) is 5.92 Å². The van der Waals surface area contributed by atoms with E-state index in [1.165, 1.54) is 0 Å². The van der Waals surface area contributed by atoms with Gasteiger partial charge in [-0.3, -0.25) is 9.59 Å². The minimum atomic E-state index is -0.410. The van der Waals surface area contributed by atoms with Gasteiger partial charge in [0.1, 0.15) is 5.76 Å². The fraction of sp³-hybridized carbons (Fsp3) is 0.333. The number of ketones is 2. The number of ether oxygens (including phenoxy) is 1. The molecule has 0 radical (unpaired) electrons. The van der Waals surface area contributed by atoms with Gasteiger partial charge >= 0.3 is 0 Å². The summed E-state index contributed by atoms with van der Waals surface area (Å²) in [6.07, 6.45) is 0.843. The first-order chi connectivity index (χ1) is 8.68. The van der Waals surface area contributed by atoms with Gasteiger partial charge in [0.05, 0.1) is 0 Å². The van der Waals surface area contributed by atoms with Crippen molar-refractivity contribution >= 4 is 11.6 Å². The van der Waals surface area contributed by atoms with Crippen LogP contribution in [-0.4, -0.2) is 17.7 Å². The Hall–Kier alpha value is -1.90. The molecule has 1 fully saturated rings. The van der Waals surface area contributed by atoms with Gasteiger partial charge in [-0.15, -0.1) is 0 Å². The smallest absolute Gasteiger partial charge is 0.192 e. The highest BCUT2D eigenvalue weighted by molar-refractivity contribution is 6.10. The Morgan fingerprint density at radius 2 is 2.00 bits per heavy atom. The van der Waals surface area contributed by atoms with Crippen LogP contribution in [0.1, 0.15) is 30.1 Å². The summed E-state index contributed by atoms with van der Waals surface area (Å²) in [6.45, 7) is 1.78. The third-order valence-electron chi connectivity index (χ3n) is 3.72. The number of Topliss-reactive ketones (excluding diaryl/α,β-unsaturated/α-hetero) is 2. The summed E-state index contributed by atoms with van der Waals surface area (Å²) in [4.78, 5) is 24.1. The van der Waals surface area contributed by atoms with Crippen molar-refractivity contribution in [1.29, 1.82) is 0 Å². The first kappa shape index (κ1) is 11.2. The normalized spacial score (nSPS) is 26.2. The molecule has 3 nitrogen and oxygen atoms in total. The molecule has 1 aromatic carbocycles. The van der Waals surface area contributed by atoms with Gasteiger partial charge in [0.2, 0.25) is 0 Å². The predicted molar refractivity (Wildman–Crippen MR) is 66.1 cm³/mol.